The van der Waals surface area contributed by atoms with Gasteiger partial charge in [-0.25, -0.2) is 0 Å². The third kappa shape index (κ3) is 2.02. The summed E-state index contributed by atoms with van der Waals surface area (Å²) >= 11 is 1.46. The molecule has 16 heavy (non-hydrogen) atoms. The molecule has 78 valence electrons. The van der Waals surface area contributed by atoms with Crippen molar-refractivity contribution >= 4 is 17.1 Å². The fourth-order valence-electron chi connectivity index (χ4n) is 1.50. The molecule has 0 fully saturated rings. The molecule has 1 heterocycles. The van der Waals surface area contributed by atoms with E-state index in [-0.39, 0.29) is 5.78 Å². The van der Waals surface area contributed by atoms with Crippen LogP contribution in [0.25, 0.3) is 0 Å². The summed E-state index contributed by atoms with van der Waals surface area (Å²) in [7, 11) is 0. The Labute approximate surface area is 97.8 Å². The van der Waals surface area contributed by atoms with E-state index in [1.807, 2.05) is 23.6 Å². The number of Topliss-reactive ketones (excluding diaryl/α,β-unsaturated/α-hetero) is 1. The molecule has 3 heteroatoms. The number of ketones is 1. The van der Waals surface area contributed by atoms with E-state index in [0.717, 1.165) is 5.56 Å². The van der Waals surface area contributed by atoms with Crippen molar-refractivity contribution in [1.82, 2.24) is 0 Å². The van der Waals surface area contributed by atoms with Gasteiger partial charge in [-0.05, 0) is 17.0 Å². The zero-order valence-corrected chi connectivity index (χ0v) is 9.28. The second-order valence-corrected chi connectivity index (χ2v) is 4.13. The highest BCUT2D eigenvalue weighted by Crippen LogP contribution is 2.21. The van der Waals surface area contributed by atoms with Crippen LogP contribution in [0.1, 0.15) is 21.8 Å². The minimum absolute atomic E-state index is 0.130. The van der Waals surface area contributed by atoms with Crippen LogP contribution in [0.5, 0.6) is 0 Å². The molecule has 1 aromatic carbocycles. The molecule has 2 rings (SSSR count). The van der Waals surface area contributed by atoms with Gasteiger partial charge in [0, 0.05) is 10.9 Å². The van der Waals surface area contributed by atoms with Crippen molar-refractivity contribution in [3.8, 4) is 6.07 Å². The molecule has 0 radical (unpaired) electrons. The van der Waals surface area contributed by atoms with E-state index < -0.39 is 5.92 Å². The van der Waals surface area contributed by atoms with E-state index in [2.05, 4.69) is 6.07 Å². The summed E-state index contributed by atoms with van der Waals surface area (Å²) in [4.78, 5) is 12.0. The topological polar surface area (TPSA) is 40.9 Å². The molecule has 0 spiro atoms. The fraction of sp³-hybridized carbons (Fsp3) is 0.0769. The number of rotatable bonds is 3. The summed E-state index contributed by atoms with van der Waals surface area (Å²) in [6.07, 6.45) is 0. The Morgan fingerprint density at radius 1 is 1.25 bits per heavy atom. The lowest BCUT2D eigenvalue weighted by Gasteiger charge is -2.06. The zero-order valence-electron chi connectivity index (χ0n) is 8.46. The van der Waals surface area contributed by atoms with Gasteiger partial charge in [-0.3, -0.25) is 4.79 Å². The van der Waals surface area contributed by atoms with Crippen LogP contribution in [-0.4, -0.2) is 5.78 Å². The Balaban J connectivity index is 2.32. The quantitative estimate of drug-likeness (QED) is 0.755. The Morgan fingerprint density at radius 3 is 2.56 bits per heavy atom. The number of carbonyl (C=O) groups is 1. The van der Waals surface area contributed by atoms with Gasteiger partial charge in [0.05, 0.1) is 6.07 Å². The van der Waals surface area contributed by atoms with Gasteiger partial charge < -0.3 is 0 Å². The highest BCUT2D eigenvalue weighted by molar-refractivity contribution is 7.08. The molecule has 0 aliphatic heterocycles. The first-order valence-electron chi connectivity index (χ1n) is 4.84. The number of hydrogen-bond acceptors (Lipinski definition) is 3. The van der Waals surface area contributed by atoms with Crippen molar-refractivity contribution < 1.29 is 4.79 Å². The first-order valence-corrected chi connectivity index (χ1v) is 5.78. The van der Waals surface area contributed by atoms with Crippen LogP contribution >= 0.6 is 11.3 Å². The summed E-state index contributed by atoms with van der Waals surface area (Å²) in [5, 5.41) is 12.7. The first kappa shape index (κ1) is 10.6. The molecule has 2 aromatic rings. The van der Waals surface area contributed by atoms with Crippen molar-refractivity contribution in [2.75, 3.05) is 0 Å². The van der Waals surface area contributed by atoms with Crippen molar-refractivity contribution in [1.29, 1.82) is 5.26 Å². The molecule has 0 saturated carbocycles. The number of thiophene rings is 1. The molecule has 0 amide bonds. The van der Waals surface area contributed by atoms with Gasteiger partial charge in [0.25, 0.3) is 0 Å². The molecular formula is C13H9NOS. The minimum atomic E-state index is -0.698. The number of benzene rings is 1. The normalized spacial score (nSPS) is 11.7. The molecule has 1 aromatic heterocycles. The second-order valence-electron chi connectivity index (χ2n) is 3.35. The molecule has 0 unspecified atom stereocenters. The summed E-state index contributed by atoms with van der Waals surface area (Å²) in [6.45, 7) is 0. The number of nitrogens with zero attached hydrogens (tertiary/aromatic N) is 1. The third-order valence-corrected chi connectivity index (χ3v) is 3.01. The molecule has 0 N–H and O–H groups in total. The minimum Gasteiger partial charge on any atom is -0.292 e. The van der Waals surface area contributed by atoms with Crippen molar-refractivity contribution in [3.05, 3.63) is 58.3 Å². The average molecular weight is 227 g/mol. The van der Waals surface area contributed by atoms with E-state index in [1.165, 1.54) is 11.3 Å². The summed E-state index contributed by atoms with van der Waals surface area (Å²) in [5.41, 5.74) is 1.36. The smallest absolute Gasteiger partial charge is 0.185 e. The molecule has 0 aliphatic rings. The van der Waals surface area contributed by atoms with Crippen LogP contribution in [0.3, 0.4) is 0 Å². The summed E-state index contributed by atoms with van der Waals surface area (Å²) in [5.74, 6) is -0.828. The van der Waals surface area contributed by atoms with Crippen LogP contribution in [0.2, 0.25) is 0 Å². The molecule has 0 saturated heterocycles. The van der Waals surface area contributed by atoms with Crippen molar-refractivity contribution in [2.24, 2.45) is 0 Å². The molecular weight excluding hydrogens is 218 g/mol. The zero-order chi connectivity index (χ0) is 11.4. The predicted octanol–water partition coefficient (Wildman–Crippen LogP) is 3.24. The van der Waals surface area contributed by atoms with Gasteiger partial charge in [-0.2, -0.15) is 16.6 Å². The van der Waals surface area contributed by atoms with Gasteiger partial charge in [0.2, 0.25) is 0 Å². The largest absolute Gasteiger partial charge is 0.292 e. The van der Waals surface area contributed by atoms with Crippen molar-refractivity contribution in [3.63, 3.8) is 0 Å². The van der Waals surface area contributed by atoms with Gasteiger partial charge in [0.15, 0.2) is 5.78 Å². The van der Waals surface area contributed by atoms with Crippen LogP contribution < -0.4 is 0 Å². The summed E-state index contributed by atoms with van der Waals surface area (Å²) < 4.78 is 0. The maximum Gasteiger partial charge on any atom is 0.185 e. The Morgan fingerprint density at radius 2 is 2.00 bits per heavy atom. The molecule has 1 atom stereocenters. The van der Waals surface area contributed by atoms with Gasteiger partial charge in [0.1, 0.15) is 5.92 Å². The fourth-order valence-corrected chi connectivity index (χ4v) is 2.15. The van der Waals surface area contributed by atoms with Crippen LogP contribution in [-0.2, 0) is 0 Å². The lowest BCUT2D eigenvalue weighted by atomic mass is 9.93. The molecule has 0 bridgehead atoms. The monoisotopic (exact) mass is 227 g/mol. The number of hydrogen-bond donors (Lipinski definition) is 0. The van der Waals surface area contributed by atoms with Crippen LogP contribution in [0.15, 0.2) is 47.2 Å². The van der Waals surface area contributed by atoms with Crippen molar-refractivity contribution in [2.45, 2.75) is 5.92 Å². The van der Waals surface area contributed by atoms with Gasteiger partial charge in [-0.1, -0.05) is 30.3 Å². The molecule has 2 nitrogen and oxygen atoms in total. The summed E-state index contributed by atoms with van der Waals surface area (Å²) in [6, 6.07) is 13.0. The Bertz CT molecular complexity index is 511. The van der Waals surface area contributed by atoms with E-state index in [9.17, 15) is 4.79 Å². The lowest BCUT2D eigenvalue weighted by molar-refractivity contribution is 0.0979. The SMILES string of the molecule is N#C[C@H](C(=O)c1ccsc1)c1ccccc1. The lowest BCUT2D eigenvalue weighted by Crippen LogP contribution is -2.10. The second kappa shape index (κ2) is 4.73. The van der Waals surface area contributed by atoms with Gasteiger partial charge >= 0.3 is 0 Å². The predicted molar refractivity (Wildman–Crippen MR) is 63.4 cm³/mol. The highest BCUT2D eigenvalue weighted by Gasteiger charge is 2.21. The maximum absolute atomic E-state index is 12.0. The number of carbonyl (C=O) groups excluding carboxylic acids is 1. The van der Waals surface area contributed by atoms with Crippen LogP contribution in [0, 0.1) is 11.3 Å². The first-order chi connectivity index (χ1) is 7.83. The maximum atomic E-state index is 12.0. The third-order valence-electron chi connectivity index (χ3n) is 2.33. The van der Waals surface area contributed by atoms with E-state index in [0.29, 0.717) is 5.56 Å². The average Bonchev–Trinajstić information content (AvgIpc) is 2.85. The highest BCUT2D eigenvalue weighted by atomic mass is 32.1. The standard InChI is InChI=1S/C13H9NOS/c14-8-12(10-4-2-1-3-5-10)13(15)11-6-7-16-9-11/h1-7,9,12H/t12-/m0/s1. The Kier molecular flexibility index (Phi) is 3.13. The Hall–Kier alpha value is -1.92. The van der Waals surface area contributed by atoms with E-state index in [4.69, 9.17) is 5.26 Å². The number of nitriles is 1. The van der Waals surface area contributed by atoms with E-state index in [1.54, 1.807) is 23.6 Å². The van der Waals surface area contributed by atoms with Gasteiger partial charge in [-0.15, -0.1) is 0 Å². The van der Waals surface area contributed by atoms with E-state index >= 15 is 0 Å². The molecule has 0 aliphatic carbocycles. The van der Waals surface area contributed by atoms with Crippen LogP contribution in [0.4, 0.5) is 0 Å².